The van der Waals surface area contributed by atoms with Crippen LogP contribution < -0.4 is 5.32 Å². The highest BCUT2D eigenvalue weighted by Crippen LogP contribution is 2.28. The quantitative estimate of drug-likeness (QED) is 0.887. The van der Waals surface area contributed by atoms with Crippen LogP contribution in [0, 0.1) is 6.92 Å². The van der Waals surface area contributed by atoms with Gasteiger partial charge in [-0.1, -0.05) is 36.7 Å². The number of nitrogens with one attached hydrogen (secondary N) is 1. The van der Waals surface area contributed by atoms with Crippen molar-refractivity contribution in [2.75, 3.05) is 6.54 Å². The summed E-state index contributed by atoms with van der Waals surface area (Å²) >= 11 is 6.39. The van der Waals surface area contributed by atoms with E-state index < -0.39 is 0 Å². The Morgan fingerprint density at radius 3 is 2.79 bits per heavy atom. The number of pyridine rings is 1. The average molecular weight is 275 g/mol. The van der Waals surface area contributed by atoms with Crippen LogP contribution in [0.4, 0.5) is 0 Å². The van der Waals surface area contributed by atoms with Gasteiger partial charge in [-0.25, -0.2) is 0 Å². The Morgan fingerprint density at radius 1 is 1.32 bits per heavy atom. The van der Waals surface area contributed by atoms with Crippen molar-refractivity contribution in [1.82, 2.24) is 10.3 Å². The summed E-state index contributed by atoms with van der Waals surface area (Å²) in [5, 5.41) is 4.34. The normalized spacial score (nSPS) is 12.4. The van der Waals surface area contributed by atoms with Crippen molar-refractivity contribution in [3.63, 3.8) is 0 Å². The van der Waals surface area contributed by atoms with E-state index in [-0.39, 0.29) is 6.04 Å². The molecule has 2 rings (SSSR count). The predicted octanol–water partition coefficient (Wildman–Crippen LogP) is 4.13. The Bertz CT molecular complexity index is 526. The first-order chi connectivity index (χ1) is 9.22. The minimum Gasteiger partial charge on any atom is -0.306 e. The van der Waals surface area contributed by atoms with E-state index in [2.05, 4.69) is 35.4 Å². The molecule has 1 unspecified atom stereocenters. The lowest BCUT2D eigenvalue weighted by Crippen LogP contribution is -2.23. The molecule has 0 aliphatic rings. The number of aromatic nitrogens is 1. The molecule has 0 amide bonds. The minimum absolute atomic E-state index is 0.0988. The molecule has 0 aliphatic carbocycles. The maximum absolute atomic E-state index is 6.39. The van der Waals surface area contributed by atoms with Crippen LogP contribution in [0.15, 0.2) is 42.7 Å². The maximum atomic E-state index is 6.39. The van der Waals surface area contributed by atoms with Gasteiger partial charge < -0.3 is 5.32 Å². The number of hydrogen-bond acceptors (Lipinski definition) is 2. The van der Waals surface area contributed by atoms with Gasteiger partial charge in [0.2, 0.25) is 0 Å². The van der Waals surface area contributed by atoms with Gasteiger partial charge in [-0.05, 0) is 48.7 Å². The summed E-state index contributed by atoms with van der Waals surface area (Å²) in [6.45, 7) is 5.15. The van der Waals surface area contributed by atoms with E-state index in [4.69, 9.17) is 11.6 Å². The molecule has 0 aliphatic heterocycles. The fourth-order valence-electron chi connectivity index (χ4n) is 2.11. The van der Waals surface area contributed by atoms with Crippen molar-refractivity contribution in [3.05, 3.63) is 64.4 Å². The van der Waals surface area contributed by atoms with E-state index in [1.165, 1.54) is 5.56 Å². The van der Waals surface area contributed by atoms with Gasteiger partial charge >= 0.3 is 0 Å². The van der Waals surface area contributed by atoms with Gasteiger partial charge in [0.05, 0.1) is 6.04 Å². The first-order valence-corrected chi connectivity index (χ1v) is 6.99. The Labute approximate surface area is 119 Å². The van der Waals surface area contributed by atoms with Crippen molar-refractivity contribution >= 4 is 11.6 Å². The molecular weight excluding hydrogens is 256 g/mol. The minimum atomic E-state index is 0.0988. The molecule has 0 bridgehead atoms. The van der Waals surface area contributed by atoms with Crippen molar-refractivity contribution < 1.29 is 0 Å². The first-order valence-electron chi connectivity index (χ1n) is 6.61. The predicted molar refractivity (Wildman–Crippen MR) is 80.6 cm³/mol. The zero-order valence-electron chi connectivity index (χ0n) is 11.4. The van der Waals surface area contributed by atoms with E-state index in [1.54, 1.807) is 6.20 Å². The van der Waals surface area contributed by atoms with Crippen LogP contribution >= 0.6 is 11.6 Å². The number of hydrogen-bond donors (Lipinski definition) is 1. The summed E-state index contributed by atoms with van der Waals surface area (Å²) in [6, 6.07) is 10.3. The van der Waals surface area contributed by atoms with Crippen LogP contribution in [0.3, 0.4) is 0 Å². The first kappa shape index (κ1) is 14.0. The van der Waals surface area contributed by atoms with Gasteiger partial charge in [-0.2, -0.15) is 0 Å². The zero-order valence-corrected chi connectivity index (χ0v) is 12.1. The molecule has 0 saturated heterocycles. The lowest BCUT2D eigenvalue weighted by atomic mass is 9.99. The van der Waals surface area contributed by atoms with Crippen LogP contribution in [0.25, 0.3) is 0 Å². The molecular formula is C16H19ClN2. The summed E-state index contributed by atoms with van der Waals surface area (Å²) in [6.07, 6.45) is 4.76. The number of halogens is 1. The SMILES string of the molecule is CCCNC(c1cccnc1)c1ccc(C)cc1Cl. The molecule has 0 saturated carbocycles. The van der Waals surface area contributed by atoms with E-state index >= 15 is 0 Å². The molecule has 1 N–H and O–H groups in total. The van der Waals surface area contributed by atoms with Crippen molar-refractivity contribution in [1.29, 1.82) is 0 Å². The molecule has 0 fully saturated rings. The van der Waals surface area contributed by atoms with Crippen LogP contribution in [0.5, 0.6) is 0 Å². The summed E-state index contributed by atoms with van der Waals surface area (Å²) in [5.41, 5.74) is 3.42. The molecule has 19 heavy (non-hydrogen) atoms. The summed E-state index contributed by atoms with van der Waals surface area (Å²) in [7, 11) is 0. The van der Waals surface area contributed by atoms with Gasteiger partial charge in [0.15, 0.2) is 0 Å². The van der Waals surface area contributed by atoms with Crippen molar-refractivity contribution in [2.24, 2.45) is 0 Å². The standard InChI is InChI=1S/C16H19ClN2/c1-3-8-19-16(13-5-4-9-18-11-13)14-7-6-12(2)10-15(14)17/h4-7,9-11,16,19H,3,8H2,1-2H3. The molecule has 0 radical (unpaired) electrons. The maximum Gasteiger partial charge on any atom is 0.0606 e. The Balaban J connectivity index is 2.37. The van der Waals surface area contributed by atoms with Crippen LogP contribution in [0.1, 0.15) is 36.1 Å². The van der Waals surface area contributed by atoms with Crippen molar-refractivity contribution in [3.8, 4) is 0 Å². The highest BCUT2D eigenvalue weighted by atomic mass is 35.5. The average Bonchev–Trinajstić information content (AvgIpc) is 2.42. The summed E-state index contributed by atoms with van der Waals surface area (Å²) in [5.74, 6) is 0. The lowest BCUT2D eigenvalue weighted by molar-refractivity contribution is 0.597. The number of aryl methyl sites for hydroxylation is 1. The second kappa shape index (κ2) is 6.69. The van der Waals surface area contributed by atoms with E-state index in [0.29, 0.717) is 0 Å². The number of benzene rings is 1. The van der Waals surface area contributed by atoms with Gasteiger partial charge in [0.1, 0.15) is 0 Å². The van der Waals surface area contributed by atoms with E-state index in [0.717, 1.165) is 29.1 Å². The van der Waals surface area contributed by atoms with E-state index in [1.807, 2.05) is 25.3 Å². The molecule has 100 valence electrons. The molecule has 1 atom stereocenters. The highest BCUT2D eigenvalue weighted by molar-refractivity contribution is 6.31. The van der Waals surface area contributed by atoms with Gasteiger partial charge in [-0.15, -0.1) is 0 Å². The fourth-order valence-corrected chi connectivity index (χ4v) is 2.45. The molecule has 1 aromatic heterocycles. The second-order valence-electron chi connectivity index (χ2n) is 4.70. The second-order valence-corrected chi connectivity index (χ2v) is 5.11. The number of rotatable bonds is 5. The molecule has 0 spiro atoms. The monoisotopic (exact) mass is 274 g/mol. The highest BCUT2D eigenvalue weighted by Gasteiger charge is 2.16. The zero-order chi connectivity index (χ0) is 13.7. The molecule has 3 heteroatoms. The molecule has 2 nitrogen and oxygen atoms in total. The third kappa shape index (κ3) is 3.55. The molecule has 1 aromatic carbocycles. The van der Waals surface area contributed by atoms with Gasteiger partial charge in [0.25, 0.3) is 0 Å². The van der Waals surface area contributed by atoms with Gasteiger partial charge in [-0.3, -0.25) is 4.98 Å². The Hall–Kier alpha value is -1.38. The van der Waals surface area contributed by atoms with Crippen LogP contribution in [-0.2, 0) is 0 Å². The Kier molecular flexibility index (Phi) is 4.94. The summed E-state index contributed by atoms with van der Waals surface area (Å²) < 4.78 is 0. The molecule has 2 aromatic rings. The summed E-state index contributed by atoms with van der Waals surface area (Å²) in [4.78, 5) is 4.20. The van der Waals surface area contributed by atoms with Crippen molar-refractivity contribution in [2.45, 2.75) is 26.3 Å². The topological polar surface area (TPSA) is 24.9 Å². The lowest BCUT2D eigenvalue weighted by Gasteiger charge is -2.20. The molecule has 1 heterocycles. The largest absolute Gasteiger partial charge is 0.306 e. The third-order valence-electron chi connectivity index (χ3n) is 3.08. The number of nitrogens with zero attached hydrogens (tertiary/aromatic N) is 1. The third-order valence-corrected chi connectivity index (χ3v) is 3.41. The van der Waals surface area contributed by atoms with Crippen LogP contribution in [-0.4, -0.2) is 11.5 Å². The van der Waals surface area contributed by atoms with E-state index in [9.17, 15) is 0 Å². The smallest absolute Gasteiger partial charge is 0.0606 e. The Morgan fingerprint density at radius 2 is 2.16 bits per heavy atom. The fraction of sp³-hybridized carbons (Fsp3) is 0.312. The van der Waals surface area contributed by atoms with Gasteiger partial charge in [0, 0.05) is 17.4 Å². The van der Waals surface area contributed by atoms with Crippen LogP contribution in [0.2, 0.25) is 5.02 Å².